The molecular weight excluding hydrogens is 432 g/mol. The fourth-order valence-electron chi connectivity index (χ4n) is 4.33. The number of hydrogen-bond donors (Lipinski definition) is 2. The van der Waals surface area contributed by atoms with Crippen LogP contribution in [0.5, 0.6) is 0 Å². The molecule has 5 rings (SSSR count). The topological polar surface area (TPSA) is 103 Å². The molecule has 0 saturated carbocycles. The Bertz CT molecular complexity index is 1170. The van der Waals surface area contributed by atoms with Crippen molar-refractivity contribution in [3.8, 4) is 0 Å². The van der Waals surface area contributed by atoms with Crippen LogP contribution in [0.25, 0.3) is 6.08 Å². The summed E-state index contributed by atoms with van der Waals surface area (Å²) in [7, 11) is 2.00. The number of H-pyrrole nitrogens is 2. The summed E-state index contributed by atoms with van der Waals surface area (Å²) in [5.41, 5.74) is 3.17. The minimum absolute atomic E-state index is 0.0534. The van der Waals surface area contributed by atoms with Crippen molar-refractivity contribution in [1.29, 1.82) is 0 Å². The van der Waals surface area contributed by atoms with Gasteiger partial charge in [-0.3, -0.25) is 9.51 Å². The van der Waals surface area contributed by atoms with E-state index in [-0.39, 0.29) is 12.0 Å². The number of fused-ring (bicyclic) bond motifs is 1. The van der Waals surface area contributed by atoms with E-state index in [0.29, 0.717) is 12.2 Å². The van der Waals surface area contributed by atoms with Crippen LogP contribution in [0.15, 0.2) is 38.6 Å². The molecule has 0 radical (unpaired) electrons. The number of hydrogen-bond acceptors (Lipinski definition) is 7. The highest BCUT2D eigenvalue weighted by molar-refractivity contribution is 6.32. The molecule has 3 aromatic rings. The van der Waals surface area contributed by atoms with Crippen LogP contribution >= 0.6 is 11.6 Å². The smallest absolute Gasteiger partial charge is 0.378 e. The van der Waals surface area contributed by atoms with Crippen molar-refractivity contribution >= 4 is 29.2 Å². The lowest BCUT2D eigenvalue weighted by atomic mass is 10.0. The average Bonchev–Trinajstić information content (AvgIpc) is 3.41. The van der Waals surface area contributed by atoms with Gasteiger partial charge < -0.3 is 19.5 Å². The summed E-state index contributed by atoms with van der Waals surface area (Å²) in [6.07, 6.45) is 2.52. The third-order valence-corrected chi connectivity index (χ3v) is 6.35. The Kier molecular flexibility index (Phi) is 5.52. The average molecular weight is 457 g/mol. The molecule has 0 bridgehead atoms. The van der Waals surface area contributed by atoms with Crippen LogP contribution in [-0.2, 0) is 11.2 Å². The first-order chi connectivity index (χ1) is 15.5. The highest BCUT2D eigenvalue weighted by Crippen LogP contribution is 2.41. The predicted molar refractivity (Wildman–Crippen MR) is 122 cm³/mol. The predicted octanol–water partition coefficient (Wildman–Crippen LogP) is 3.04. The van der Waals surface area contributed by atoms with E-state index in [0.717, 1.165) is 54.2 Å². The number of aromatic amines is 2. The maximum absolute atomic E-state index is 11.2. The quantitative estimate of drug-likeness (QED) is 0.608. The van der Waals surface area contributed by atoms with Crippen molar-refractivity contribution in [1.82, 2.24) is 20.1 Å². The zero-order valence-corrected chi connectivity index (χ0v) is 18.7. The van der Waals surface area contributed by atoms with Gasteiger partial charge in [0, 0.05) is 43.2 Å². The van der Waals surface area contributed by atoms with E-state index in [2.05, 4.69) is 53.7 Å². The van der Waals surface area contributed by atoms with Crippen LogP contribution in [0.1, 0.15) is 41.8 Å². The first kappa shape index (κ1) is 20.8. The molecule has 1 saturated heterocycles. The second kappa shape index (κ2) is 8.48. The summed E-state index contributed by atoms with van der Waals surface area (Å²) in [6, 6.07) is 8.44. The number of nitrogens with one attached hydrogen (secondary N) is 2. The first-order valence-corrected chi connectivity index (χ1v) is 11.0. The van der Waals surface area contributed by atoms with Crippen LogP contribution in [0.2, 0.25) is 0 Å². The molecule has 4 heterocycles. The third kappa shape index (κ3) is 3.93. The first-order valence-electron chi connectivity index (χ1n) is 10.7. The number of ether oxygens (including phenoxy) is 1. The van der Waals surface area contributed by atoms with E-state index in [1.165, 1.54) is 5.69 Å². The minimum atomic E-state index is -0.553. The van der Waals surface area contributed by atoms with Gasteiger partial charge in [-0.05, 0) is 23.8 Å². The second-order valence-electron chi connectivity index (χ2n) is 8.24. The fourth-order valence-corrected chi connectivity index (χ4v) is 4.71. The number of likely N-dealkylation sites (N-methyl/N-ethyl adjacent to an activating group) is 1. The summed E-state index contributed by atoms with van der Waals surface area (Å²) < 4.78 is 10.1. The van der Waals surface area contributed by atoms with Crippen molar-refractivity contribution < 1.29 is 9.26 Å². The highest BCUT2D eigenvalue weighted by atomic mass is 35.5. The molecule has 0 spiro atoms. The van der Waals surface area contributed by atoms with Gasteiger partial charge in [0.05, 0.1) is 24.9 Å². The number of morpholine rings is 1. The Balaban J connectivity index is 1.35. The Labute approximate surface area is 190 Å². The summed E-state index contributed by atoms with van der Waals surface area (Å²) >= 11 is 6.72. The van der Waals surface area contributed by atoms with Gasteiger partial charge >= 0.3 is 5.76 Å². The number of anilines is 2. The van der Waals surface area contributed by atoms with E-state index in [4.69, 9.17) is 21.3 Å². The Morgan fingerprint density at radius 3 is 2.66 bits per heavy atom. The van der Waals surface area contributed by atoms with E-state index in [9.17, 15) is 4.79 Å². The maximum atomic E-state index is 11.2. The summed E-state index contributed by atoms with van der Waals surface area (Å²) in [6.45, 7) is 5.29. The zero-order chi connectivity index (χ0) is 22.2. The lowest BCUT2D eigenvalue weighted by Gasteiger charge is -2.33. The lowest BCUT2D eigenvalue weighted by molar-refractivity contribution is 0.122. The van der Waals surface area contributed by atoms with E-state index >= 15 is 0 Å². The summed E-state index contributed by atoms with van der Waals surface area (Å²) in [5.74, 6) is 1.53. The van der Waals surface area contributed by atoms with E-state index in [1.54, 1.807) is 0 Å². The van der Waals surface area contributed by atoms with Crippen LogP contribution in [0.4, 0.5) is 11.5 Å². The van der Waals surface area contributed by atoms with Gasteiger partial charge in [0.1, 0.15) is 5.82 Å². The molecule has 2 atom stereocenters. The molecule has 2 N–H and O–H groups in total. The summed E-state index contributed by atoms with van der Waals surface area (Å²) in [5, 5.41) is 4.50. The largest absolute Gasteiger partial charge is 0.438 e. The van der Waals surface area contributed by atoms with Crippen molar-refractivity contribution in [2.75, 3.05) is 43.2 Å². The van der Waals surface area contributed by atoms with Gasteiger partial charge in [-0.15, -0.1) is 0 Å². The Morgan fingerprint density at radius 1 is 1.22 bits per heavy atom. The molecule has 1 aromatic carbocycles. The molecular formula is C22H25ClN6O3. The molecule has 168 valence electrons. The molecule has 2 unspecified atom stereocenters. The lowest BCUT2D eigenvalue weighted by Crippen LogP contribution is -2.36. The van der Waals surface area contributed by atoms with E-state index in [1.807, 2.05) is 20.0 Å². The molecule has 9 nitrogen and oxygen atoms in total. The molecule has 2 aromatic heterocycles. The van der Waals surface area contributed by atoms with Crippen LogP contribution in [0, 0.1) is 0 Å². The molecule has 0 aliphatic carbocycles. The number of nitrogens with zero attached hydrogens (tertiary/aromatic N) is 4. The monoisotopic (exact) mass is 456 g/mol. The molecule has 2 aliphatic heterocycles. The molecule has 2 aliphatic rings. The second-order valence-corrected chi connectivity index (χ2v) is 8.68. The van der Waals surface area contributed by atoms with Crippen LogP contribution < -0.4 is 15.6 Å². The van der Waals surface area contributed by atoms with Crippen LogP contribution in [-0.4, -0.2) is 53.5 Å². The zero-order valence-electron chi connectivity index (χ0n) is 18.0. The van der Waals surface area contributed by atoms with Crippen LogP contribution in [0.3, 0.4) is 0 Å². The van der Waals surface area contributed by atoms with Crippen molar-refractivity contribution in [2.45, 2.75) is 25.3 Å². The number of benzene rings is 1. The fraction of sp³-hybridized carbons (Fsp3) is 0.409. The van der Waals surface area contributed by atoms with Crippen molar-refractivity contribution in [3.63, 3.8) is 0 Å². The normalized spacial score (nSPS) is 19.6. The van der Waals surface area contributed by atoms with Gasteiger partial charge in [-0.1, -0.05) is 35.8 Å². The van der Waals surface area contributed by atoms with Gasteiger partial charge in [-0.2, -0.15) is 0 Å². The van der Waals surface area contributed by atoms with Crippen molar-refractivity contribution in [2.24, 2.45) is 0 Å². The number of halogens is 1. The molecule has 0 amide bonds. The number of aromatic nitrogens is 4. The highest BCUT2D eigenvalue weighted by Gasteiger charge is 2.30. The molecule has 10 heteroatoms. The third-order valence-electron chi connectivity index (χ3n) is 6.03. The van der Waals surface area contributed by atoms with E-state index < -0.39 is 5.76 Å². The molecule has 32 heavy (non-hydrogen) atoms. The summed E-state index contributed by atoms with van der Waals surface area (Å²) in [4.78, 5) is 26.4. The van der Waals surface area contributed by atoms with Gasteiger partial charge in [0.2, 0.25) is 0 Å². The van der Waals surface area contributed by atoms with Gasteiger partial charge in [0.25, 0.3) is 0 Å². The SMILES string of the molecule is CC(Cc1nc2c([nH]1)C=C(Cl)C(c1ccc(N3CCOCC3)cc1)N2C)c1noc(=O)[nH]1. The van der Waals surface area contributed by atoms with Gasteiger partial charge in [-0.25, -0.2) is 9.78 Å². The number of rotatable bonds is 5. The minimum Gasteiger partial charge on any atom is -0.378 e. The maximum Gasteiger partial charge on any atom is 0.438 e. The number of imidazole rings is 1. The Morgan fingerprint density at radius 2 is 1.97 bits per heavy atom. The Hall–Kier alpha value is -3.04. The van der Waals surface area contributed by atoms with Crippen molar-refractivity contribution in [3.05, 3.63) is 62.8 Å². The van der Waals surface area contributed by atoms with Gasteiger partial charge in [0.15, 0.2) is 11.6 Å². The molecule has 1 fully saturated rings. The standard InChI is InChI=1S/C22H25ClN6O3/c1-13(20-26-22(30)32-27-20)11-18-24-17-12-16(23)19(28(2)21(17)25-18)14-3-5-15(6-4-14)29-7-9-31-10-8-29/h3-6,12-13,19H,7-11H2,1-2H3,(H,24,25)(H,26,27,30).